The lowest BCUT2D eigenvalue weighted by Crippen LogP contribution is -2.43. The molecule has 5 heteroatoms. The van der Waals surface area contributed by atoms with E-state index in [9.17, 15) is 0 Å². The summed E-state index contributed by atoms with van der Waals surface area (Å²) in [6.07, 6.45) is 0. The summed E-state index contributed by atoms with van der Waals surface area (Å²) < 4.78 is 5.89. The quantitative estimate of drug-likeness (QED) is 0.907. The van der Waals surface area contributed by atoms with E-state index in [1.807, 2.05) is 0 Å². The van der Waals surface area contributed by atoms with Gasteiger partial charge in [0.15, 0.2) is 0 Å². The molecule has 1 aromatic carbocycles. The fourth-order valence-electron chi connectivity index (χ4n) is 2.82. The lowest BCUT2D eigenvalue weighted by atomic mass is 10.00. The molecule has 0 saturated carbocycles. The lowest BCUT2D eigenvalue weighted by molar-refractivity contribution is 0.505. The van der Waals surface area contributed by atoms with Crippen molar-refractivity contribution < 1.29 is 4.42 Å². The van der Waals surface area contributed by atoms with Crippen LogP contribution in [0, 0.1) is 20.8 Å². The number of benzene rings is 1. The largest absolute Gasteiger partial charge is 0.403 e. The third-order valence-electron chi connectivity index (χ3n) is 3.69. The van der Waals surface area contributed by atoms with Crippen LogP contribution in [-0.2, 0) is 0 Å². The first-order valence-electron chi connectivity index (χ1n) is 7.02. The van der Waals surface area contributed by atoms with Crippen LogP contribution in [0.25, 0.3) is 11.5 Å². The molecule has 0 unspecified atom stereocenters. The van der Waals surface area contributed by atoms with E-state index >= 15 is 0 Å². The number of aromatic nitrogens is 2. The van der Waals surface area contributed by atoms with Gasteiger partial charge in [-0.15, -0.1) is 5.10 Å². The SMILES string of the molecule is Cc1cc(C)c(-c2nnc(N3CCNCC3)o2)c(C)c1. The Bertz CT molecular complexity index is 591. The highest BCUT2D eigenvalue weighted by molar-refractivity contribution is 5.64. The van der Waals surface area contributed by atoms with Gasteiger partial charge in [-0.2, -0.15) is 0 Å². The zero-order valence-corrected chi connectivity index (χ0v) is 12.2. The number of anilines is 1. The summed E-state index contributed by atoms with van der Waals surface area (Å²) in [4.78, 5) is 2.13. The maximum absolute atomic E-state index is 5.89. The van der Waals surface area contributed by atoms with Gasteiger partial charge in [0, 0.05) is 31.7 Å². The molecular weight excluding hydrogens is 252 g/mol. The second kappa shape index (κ2) is 5.25. The number of rotatable bonds is 2. The molecule has 0 radical (unpaired) electrons. The molecule has 106 valence electrons. The molecule has 0 atom stereocenters. The Hall–Kier alpha value is -1.88. The molecule has 1 aromatic heterocycles. The highest BCUT2D eigenvalue weighted by Gasteiger charge is 2.19. The Morgan fingerprint density at radius 3 is 2.35 bits per heavy atom. The molecular formula is C15H20N4O. The number of piperazine rings is 1. The molecule has 0 bridgehead atoms. The first-order chi connectivity index (χ1) is 9.65. The monoisotopic (exact) mass is 272 g/mol. The van der Waals surface area contributed by atoms with Crippen LogP contribution in [-0.4, -0.2) is 36.4 Å². The van der Waals surface area contributed by atoms with Gasteiger partial charge in [0.1, 0.15) is 0 Å². The van der Waals surface area contributed by atoms with Gasteiger partial charge in [-0.25, -0.2) is 0 Å². The molecule has 1 N–H and O–H groups in total. The minimum atomic E-state index is 0.619. The van der Waals surface area contributed by atoms with Crippen LogP contribution in [0.5, 0.6) is 0 Å². The van der Waals surface area contributed by atoms with Gasteiger partial charge in [0.05, 0.1) is 0 Å². The normalized spacial score (nSPS) is 15.7. The standard InChI is InChI=1S/C15H20N4O/c1-10-8-11(2)13(12(3)9-10)14-17-18-15(20-14)19-6-4-16-5-7-19/h8-9,16H,4-7H2,1-3H3. The van der Waals surface area contributed by atoms with E-state index in [2.05, 4.69) is 53.3 Å². The Balaban J connectivity index is 1.94. The molecule has 1 saturated heterocycles. The Morgan fingerprint density at radius 1 is 1.05 bits per heavy atom. The summed E-state index contributed by atoms with van der Waals surface area (Å²) in [5.74, 6) is 0.619. The second-order valence-corrected chi connectivity index (χ2v) is 5.40. The number of aryl methyl sites for hydroxylation is 3. The van der Waals surface area contributed by atoms with Crippen molar-refractivity contribution in [3.8, 4) is 11.5 Å². The van der Waals surface area contributed by atoms with Crippen molar-refractivity contribution in [1.82, 2.24) is 15.5 Å². The third kappa shape index (κ3) is 2.41. The smallest absolute Gasteiger partial charge is 0.318 e. The molecule has 2 aromatic rings. The van der Waals surface area contributed by atoms with Gasteiger partial charge in [-0.05, 0) is 31.9 Å². The third-order valence-corrected chi connectivity index (χ3v) is 3.69. The fraction of sp³-hybridized carbons (Fsp3) is 0.467. The molecule has 0 aliphatic carbocycles. The van der Waals surface area contributed by atoms with E-state index in [0.717, 1.165) is 31.7 Å². The maximum Gasteiger partial charge on any atom is 0.318 e. The molecule has 1 aliphatic rings. The fourth-order valence-corrected chi connectivity index (χ4v) is 2.82. The Morgan fingerprint density at radius 2 is 1.70 bits per heavy atom. The lowest BCUT2D eigenvalue weighted by Gasteiger charge is -2.25. The molecule has 5 nitrogen and oxygen atoms in total. The highest BCUT2D eigenvalue weighted by atomic mass is 16.4. The number of nitrogens with one attached hydrogen (secondary N) is 1. The van der Waals surface area contributed by atoms with E-state index in [1.54, 1.807) is 0 Å². The first kappa shape index (κ1) is 13.1. The van der Waals surface area contributed by atoms with E-state index in [4.69, 9.17) is 4.42 Å². The predicted molar refractivity (Wildman–Crippen MR) is 79.0 cm³/mol. The van der Waals surface area contributed by atoms with Gasteiger partial charge in [-0.3, -0.25) is 0 Å². The average molecular weight is 272 g/mol. The van der Waals surface area contributed by atoms with E-state index in [0.29, 0.717) is 11.9 Å². The minimum Gasteiger partial charge on any atom is -0.403 e. The molecule has 1 aliphatic heterocycles. The van der Waals surface area contributed by atoms with Crippen molar-refractivity contribution in [2.24, 2.45) is 0 Å². The van der Waals surface area contributed by atoms with E-state index in [-0.39, 0.29) is 0 Å². The van der Waals surface area contributed by atoms with Crippen LogP contribution in [0.2, 0.25) is 0 Å². The zero-order chi connectivity index (χ0) is 14.1. The van der Waals surface area contributed by atoms with Crippen LogP contribution in [0.4, 0.5) is 6.01 Å². The molecule has 0 amide bonds. The Kier molecular flexibility index (Phi) is 3.44. The van der Waals surface area contributed by atoms with Gasteiger partial charge in [-0.1, -0.05) is 22.8 Å². The number of hydrogen-bond acceptors (Lipinski definition) is 5. The van der Waals surface area contributed by atoms with Gasteiger partial charge < -0.3 is 14.6 Å². The van der Waals surface area contributed by atoms with E-state index < -0.39 is 0 Å². The van der Waals surface area contributed by atoms with Crippen molar-refractivity contribution in [3.63, 3.8) is 0 Å². The highest BCUT2D eigenvalue weighted by Crippen LogP contribution is 2.29. The summed E-state index contributed by atoms with van der Waals surface area (Å²) in [6.45, 7) is 10.0. The second-order valence-electron chi connectivity index (χ2n) is 5.40. The first-order valence-corrected chi connectivity index (χ1v) is 7.02. The summed E-state index contributed by atoms with van der Waals surface area (Å²) >= 11 is 0. The van der Waals surface area contributed by atoms with Crippen LogP contribution in [0.15, 0.2) is 16.5 Å². The molecule has 0 spiro atoms. The topological polar surface area (TPSA) is 54.2 Å². The Labute approximate surface area is 119 Å². The van der Waals surface area contributed by atoms with Crippen molar-refractivity contribution in [2.45, 2.75) is 20.8 Å². The van der Waals surface area contributed by atoms with Crippen molar-refractivity contribution in [3.05, 3.63) is 28.8 Å². The van der Waals surface area contributed by atoms with Gasteiger partial charge in [0.2, 0.25) is 5.89 Å². The molecule has 20 heavy (non-hydrogen) atoms. The zero-order valence-electron chi connectivity index (χ0n) is 12.2. The summed E-state index contributed by atoms with van der Waals surface area (Å²) in [5, 5.41) is 11.8. The maximum atomic E-state index is 5.89. The molecule has 2 heterocycles. The number of nitrogens with zero attached hydrogens (tertiary/aromatic N) is 3. The minimum absolute atomic E-state index is 0.619. The van der Waals surface area contributed by atoms with Crippen molar-refractivity contribution >= 4 is 6.01 Å². The average Bonchev–Trinajstić information content (AvgIpc) is 2.88. The van der Waals surface area contributed by atoms with Gasteiger partial charge in [0.25, 0.3) is 0 Å². The van der Waals surface area contributed by atoms with Crippen LogP contribution >= 0.6 is 0 Å². The summed E-state index contributed by atoms with van der Waals surface area (Å²) in [5.41, 5.74) is 4.67. The summed E-state index contributed by atoms with van der Waals surface area (Å²) in [6, 6.07) is 4.93. The van der Waals surface area contributed by atoms with Crippen LogP contribution in [0.1, 0.15) is 16.7 Å². The van der Waals surface area contributed by atoms with Gasteiger partial charge >= 0.3 is 6.01 Å². The van der Waals surface area contributed by atoms with Crippen molar-refractivity contribution in [1.29, 1.82) is 0 Å². The predicted octanol–water partition coefficient (Wildman–Crippen LogP) is 2.07. The number of hydrogen-bond donors (Lipinski definition) is 1. The van der Waals surface area contributed by atoms with Crippen LogP contribution in [0.3, 0.4) is 0 Å². The summed E-state index contributed by atoms with van der Waals surface area (Å²) in [7, 11) is 0. The van der Waals surface area contributed by atoms with Crippen molar-refractivity contribution in [2.75, 3.05) is 31.1 Å². The van der Waals surface area contributed by atoms with E-state index in [1.165, 1.54) is 16.7 Å². The molecule has 1 fully saturated rings. The van der Waals surface area contributed by atoms with Crippen LogP contribution < -0.4 is 10.2 Å². The molecule has 3 rings (SSSR count).